The van der Waals surface area contributed by atoms with E-state index in [0.717, 1.165) is 43.7 Å². The molecule has 0 bridgehead atoms. The lowest BCUT2D eigenvalue weighted by Crippen LogP contribution is -2.42. The summed E-state index contributed by atoms with van der Waals surface area (Å²) < 4.78 is 5.65. The second kappa shape index (κ2) is 5.71. The zero-order valence-corrected chi connectivity index (χ0v) is 11.3. The number of nitrogens with one attached hydrogen (secondary N) is 3. The highest BCUT2D eigenvalue weighted by Crippen LogP contribution is 2.24. The van der Waals surface area contributed by atoms with Crippen LogP contribution in [0.1, 0.15) is 18.7 Å². The highest BCUT2D eigenvalue weighted by molar-refractivity contribution is 5.48. The maximum atomic E-state index is 5.65. The maximum Gasteiger partial charge on any atom is 0.132 e. The number of hydrogen-bond acceptors (Lipinski definition) is 6. The van der Waals surface area contributed by atoms with Crippen molar-refractivity contribution in [2.24, 2.45) is 0 Å². The van der Waals surface area contributed by atoms with Crippen LogP contribution in [-0.2, 0) is 4.74 Å². The molecule has 2 fully saturated rings. The minimum atomic E-state index is 0.212. The van der Waals surface area contributed by atoms with Gasteiger partial charge in [-0.3, -0.25) is 0 Å². The van der Waals surface area contributed by atoms with Crippen LogP contribution in [0.25, 0.3) is 0 Å². The van der Waals surface area contributed by atoms with Gasteiger partial charge in [0, 0.05) is 31.7 Å². The molecule has 3 N–H and O–H groups in total. The Bertz CT molecular complexity index is 429. The lowest BCUT2D eigenvalue weighted by Gasteiger charge is -2.24. The Labute approximate surface area is 113 Å². The molecule has 3 rings (SSSR count). The normalized spacial score (nSPS) is 23.1. The van der Waals surface area contributed by atoms with E-state index in [2.05, 4.69) is 25.9 Å². The topological polar surface area (TPSA) is 71.1 Å². The van der Waals surface area contributed by atoms with Gasteiger partial charge in [0.2, 0.25) is 0 Å². The summed E-state index contributed by atoms with van der Waals surface area (Å²) in [6, 6.07) is 2.58. The smallest absolute Gasteiger partial charge is 0.132 e. The van der Waals surface area contributed by atoms with Gasteiger partial charge in [0.25, 0.3) is 0 Å². The Morgan fingerprint density at radius 2 is 2.21 bits per heavy atom. The fourth-order valence-corrected chi connectivity index (χ4v) is 2.14. The number of anilines is 2. The number of aryl methyl sites for hydroxylation is 1. The second-order valence-corrected chi connectivity index (χ2v) is 5.18. The molecule has 1 aromatic heterocycles. The lowest BCUT2D eigenvalue weighted by molar-refractivity contribution is 0.0372. The Morgan fingerprint density at radius 3 is 2.95 bits per heavy atom. The molecule has 6 nitrogen and oxygen atoms in total. The third kappa shape index (κ3) is 3.78. The summed E-state index contributed by atoms with van der Waals surface area (Å²) in [7, 11) is 0. The van der Waals surface area contributed by atoms with Gasteiger partial charge in [-0.05, 0) is 19.8 Å². The SMILES string of the molecule is Cc1nc(NCC2CNCCO2)cc(NC2CC2)n1. The molecule has 0 spiro atoms. The molecule has 1 aliphatic heterocycles. The third-order valence-corrected chi connectivity index (χ3v) is 3.28. The molecule has 104 valence electrons. The van der Waals surface area contributed by atoms with Crippen LogP contribution in [0, 0.1) is 6.92 Å². The van der Waals surface area contributed by atoms with Gasteiger partial charge >= 0.3 is 0 Å². The van der Waals surface area contributed by atoms with Crippen LogP contribution < -0.4 is 16.0 Å². The summed E-state index contributed by atoms with van der Waals surface area (Å²) in [6.07, 6.45) is 2.70. The van der Waals surface area contributed by atoms with Gasteiger partial charge in [-0.1, -0.05) is 0 Å². The molecule has 0 aromatic carbocycles. The van der Waals surface area contributed by atoms with Crippen LogP contribution in [0.5, 0.6) is 0 Å². The lowest BCUT2D eigenvalue weighted by atomic mass is 10.3. The summed E-state index contributed by atoms with van der Waals surface area (Å²) in [5.74, 6) is 2.57. The molecule has 6 heteroatoms. The van der Waals surface area contributed by atoms with Crippen LogP contribution >= 0.6 is 0 Å². The predicted octanol–water partition coefficient (Wildman–Crippen LogP) is 0.760. The molecule has 1 saturated carbocycles. The van der Waals surface area contributed by atoms with Crippen molar-refractivity contribution in [1.29, 1.82) is 0 Å². The number of ether oxygens (including phenoxy) is 1. The summed E-state index contributed by atoms with van der Waals surface area (Å²) >= 11 is 0. The Balaban J connectivity index is 1.57. The highest BCUT2D eigenvalue weighted by Gasteiger charge is 2.21. The van der Waals surface area contributed by atoms with Gasteiger partial charge in [-0.15, -0.1) is 0 Å². The van der Waals surface area contributed by atoms with Crippen LogP contribution in [0.4, 0.5) is 11.6 Å². The van der Waals surface area contributed by atoms with E-state index in [9.17, 15) is 0 Å². The van der Waals surface area contributed by atoms with Gasteiger partial charge in [-0.25, -0.2) is 9.97 Å². The van der Waals surface area contributed by atoms with Gasteiger partial charge in [0.15, 0.2) is 0 Å². The molecule has 1 unspecified atom stereocenters. The van der Waals surface area contributed by atoms with Crippen molar-refractivity contribution in [3.63, 3.8) is 0 Å². The van der Waals surface area contributed by atoms with E-state index < -0.39 is 0 Å². The first-order valence-corrected chi connectivity index (χ1v) is 6.98. The molecular weight excluding hydrogens is 242 g/mol. The minimum absolute atomic E-state index is 0.212. The van der Waals surface area contributed by atoms with Gasteiger partial charge in [-0.2, -0.15) is 0 Å². The zero-order chi connectivity index (χ0) is 13.1. The van der Waals surface area contributed by atoms with E-state index in [1.54, 1.807) is 0 Å². The molecule has 2 aliphatic rings. The summed E-state index contributed by atoms with van der Waals surface area (Å²) in [4.78, 5) is 8.81. The van der Waals surface area contributed by atoms with Crippen molar-refractivity contribution >= 4 is 11.6 Å². The average Bonchev–Trinajstić information content (AvgIpc) is 3.21. The van der Waals surface area contributed by atoms with E-state index in [0.29, 0.717) is 6.04 Å². The average molecular weight is 263 g/mol. The summed E-state index contributed by atoms with van der Waals surface area (Å²) in [5.41, 5.74) is 0. The first kappa shape index (κ1) is 12.6. The molecular formula is C13H21N5O. The zero-order valence-electron chi connectivity index (χ0n) is 11.3. The van der Waals surface area contributed by atoms with E-state index in [1.807, 2.05) is 13.0 Å². The van der Waals surface area contributed by atoms with Crippen molar-refractivity contribution in [3.8, 4) is 0 Å². The predicted molar refractivity (Wildman–Crippen MR) is 74.5 cm³/mol. The molecule has 1 aliphatic carbocycles. The van der Waals surface area contributed by atoms with Crippen molar-refractivity contribution in [3.05, 3.63) is 11.9 Å². The number of aromatic nitrogens is 2. The largest absolute Gasteiger partial charge is 0.374 e. The van der Waals surface area contributed by atoms with Gasteiger partial charge < -0.3 is 20.7 Å². The van der Waals surface area contributed by atoms with Crippen LogP contribution in [0.3, 0.4) is 0 Å². The maximum absolute atomic E-state index is 5.65. The van der Waals surface area contributed by atoms with Crippen molar-refractivity contribution in [2.75, 3.05) is 36.9 Å². The first-order valence-electron chi connectivity index (χ1n) is 6.98. The van der Waals surface area contributed by atoms with Crippen molar-refractivity contribution in [1.82, 2.24) is 15.3 Å². The van der Waals surface area contributed by atoms with Crippen LogP contribution in [0.15, 0.2) is 6.07 Å². The van der Waals surface area contributed by atoms with E-state index in [1.165, 1.54) is 12.8 Å². The fraction of sp³-hybridized carbons (Fsp3) is 0.692. The molecule has 19 heavy (non-hydrogen) atoms. The van der Waals surface area contributed by atoms with Gasteiger partial charge in [0.05, 0.1) is 12.7 Å². The summed E-state index contributed by atoms with van der Waals surface area (Å²) in [5, 5.41) is 10.1. The van der Waals surface area contributed by atoms with Crippen molar-refractivity contribution in [2.45, 2.75) is 31.9 Å². The monoisotopic (exact) mass is 263 g/mol. The molecule has 0 amide bonds. The van der Waals surface area contributed by atoms with E-state index in [-0.39, 0.29) is 6.10 Å². The number of nitrogens with zero attached hydrogens (tertiary/aromatic N) is 2. The molecule has 2 heterocycles. The second-order valence-electron chi connectivity index (χ2n) is 5.18. The quantitative estimate of drug-likeness (QED) is 0.728. The van der Waals surface area contributed by atoms with Crippen molar-refractivity contribution < 1.29 is 4.74 Å². The molecule has 1 saturated heterocycles. The number of morpholine rings is 1. The standard InChI is InChI=1S/C13H21N5O/c1-9-16-12(6-13(17-9)18-10-2-3-10)15-8-11-7-14-4-5-19-11/h6,10-11,14H,2-5,7-8H2,1H3,(H2,15,16,17,18). The Kier molecular flexibility index (Phi) is 3.79. The van der Waals surface area contributed by atoms with Crippen LogP contribution in [-0.4, -0.2) is 48.4 Å². The molecule has 1 aromatic rings. The third-order valence-electron chi connectivity index (χ3n) is 3.28. The fourth-order valence-electron chi connectivity index (χ4n) is 2.14. The molecule has 0 radical (unpaired) electrons. The highest BCUT2D eigenvalue weighted by atomic mass is 16.5. The van der Waals surface area contributed by atoms with E-state index in [4.69, 9.17) is 4.74 Å². The van der Waals surface area contributed by atoms with E-state index >= 15 is 0 Å². The number of rotatable bonds is 5. The minimum Gasteiger partial charge on any atom is -0.374 e. The Hall–Kier alpha value is -1.40. The van der Waals surface area contributed by atoms with Gasteiger partial charge in [0.1, 0.15) is 17.5 Å². The number of hydrogen-bond donors (Lipinski definition) is 3. The molecule has 1 atom stereocenters. The van der Waals surface area contributed by atoms with Crippen LogP contribution in [0.2, 0.25) is 0 Å². The Morgan fingerprint density at radius 1 is 1.37 bits per heavy atom. The first-order chi connectivity index (χ1) is 9.29. The summed E-state index contributed by atoms with van der Waals surface area (Å²) in [6.45, 7) is 5.31.